The summed E-state index contributed by atoms with van der Waals surface area (Å²) in [5, 5.41) is 2.79. The Morgan fingerprint density at radius 2 is 2.09 bits per heavy atom. The normalized spacial score (nSPS) is 14.6. The molecule has 0 aliphatic heterocycles. The van der Waals surface area contributed by atoms with E-state index in [0.717, 1.165) is 11.3 Å². The van der Waals surface area contributed by atoms with Crippen molar-refractivity contribution in [2.24, 2.45) is 5.73 Å². The van der Waals surface area contributed by atoms with Crippen LogP contribution in [0.4, 0.5) is 4.79 Å². The summed E-state index contributed by atoms with van der Waals surface area (Å²) in [7, 11) is 0. The Labute approximate surface area is 129 Å². The molecule has 0 aliphatic carbocycles. The van der Waals surface area contributed by atoms with E-state index in [4.69, 9.17) is 10.5 Å². The van der Waals surface area contributed by atoms with Crippen LogP contribution in [0.5, 0.6) is 0 Å². The number of rotatable bonds is 4. The molecule has 0 saturated heterocycles. The molecule has 7 heteroatoms. The minimum absolute atomic E-state index is 0.356. The zero-order valence-corrected chi connectivity index (χ0v) is 13.5. The van der Waals surface area contributed by atoms with E-state index in [1.165, 1.54) is 0 Å². The van der Waals surface area contributed by atoms with Crippen molar-refractivity contribution in [1.29, 1.82) is 0 Å². The Morgan fingerprint density at radius 1 is 1.36 bits per heavy atom. The summed E-state index contributed by atoms with van der Waals surface area (Å²) in [5.74, 6) is 0. The lowest BCUT2D eigenvalue weighted by Crippen LogP contribution is -2.45. The number of alkyl carbamates (subject to hydrolysis) is 1. The summed E-state index contributed by atoms with van der Waals surface area (Å²) in [6.07, 6.45) is 6.51. The highest BCUT2D eigenvalue weighted by atomic mass is 16.6. The van der Waals surface area contributed by atoms with Gasteiger partial charge in [-0.15, -0.1) is 0 Å². The second-order valence-corrected chi connectivity index (χ2v) is 6.57. The number of nitrogens with two attached hydrogens (primary N) is 1. The van der Waals surface area contributed by atoms with E-state index < -0.39 is 17.1 Å². The molecule has 0 radical (unpaired) electrons. The molecule has 1 unspecified atom stereocenters. The first-order valence-corrected chi connectivity index (χ1v) is 7.20. The molecule has 22 heavy (non-hydrogen) atoms. The Balaban J connectivity index is 2.17. The van der Waals surface area contributed by atoms with Crippen LogP contribution in [-0.4, -0.2) is 39.2 Å². The van der Waals surface area contributed by atoms with Crippen molar-refractivity contribution in [2.75, 3.05) is 13.1 Å². The first-order chi connectivity index (χ1) is 10.2. The van der Waals surface area contributed by atoms with Gasteiger partial charge < -0.3 is 20.2 Å². The molecule has 0 bridgehead atoms. The number of carbonyl (C=O) groups excluding carboxylic acids is 1. The number of ether oxygens (including phenoxy) is 1. The fraction of sp³-hybridized carbons (Fsp3) is 0.533. The zero-order chi connectivity index (χ0) is 16.4. The summed E-state index contributed by atoms with van der Waals surface area (Å²) < 4.78 is 7.19. The third-order valence-electron chi connectivity index (χ3n) is 3.41. The van der Waals surface area contributed by atoms with Gasteiger partial charge in [-0.2, -0.15) is 0 Å². The highest BCUT2D eigenvalue weighted by Crippen LogP contribution is 2.23. The molecule has 2 aromatic rings. The van der Waals surface area contributed by atoms with Gasteiger partial charge in [-0.3, -0.25) is 4.98 Å². The van der Waals surface area contributed by atoms with E-state index in [-0.39, 0.29) is 0 Å². The van der Waals surface area contributed by atoms with Gasteiger partial charge in [-0.05, 0) is 20.8 Å². The summed E-state index contributed by atoms with van der Waals surface area (Å²) in [6, 6.07) is 0. The molecular weight excluding hydrogens is 282 g/mol. The molecule has 1 atom stereocenters. The molecule has 7 nitrogen and oxygen atoms in total. The molecule has 2 aromatic heterocycles. The molecule has 0 aliphatic rings. The van der Waals surface area contributed by atoms with Crippen molar-refractivity contribution in [3.8, 4) is 0 Å². The van der Waals surface area contributed by atoms with Crippen LogP contribution < -0.4 is 11.1 Å². The van der Waals surface area contributed by atoms with Gasteiger partial charge in [-0.25, -0.2) is 9.78 Å². The Bertz CT molecular complexity index is 661. The molecule has 0 saturated carbocycles. The van der Waals surface area contributed by atoms with Crippen molar-refractivity contribution >= 4 is 11.7 Å². The number of carbonyl (C=O) groups is 1. The van der Waals surface area contributed by atoms with Gasteiger partial charge in [0, 0.05) is 37.1 Å². The highest BCUT2D eigenvalue weighted by molar-refractivity contribution is 5.67. The average Bonchev–Trinajstić information content (AvgIpc) is 2.87. The maximum Gasteiger partial charge on any atom is 0.407 e. The SMILES string of the molecule is CC(C)(C)OC(=O)NCC(C)(CN)c1cnc2cnccn12. The second kappa shape index (κ2) is 5.92. The monoisotopic (exact) mass is 305 g/mol. The predicted molar refractivity (Wildman–Crippen MR) is 83.6 cm³/mol. The van der Waals surface area contributed by atoms with Crippen LogP contribution in [0.15, 0.2) is 24.8 Å². The zero-order valence-electron chi connectivity index (χ0n) is 13.5. The van der Waals surface area contributed by atoms with Crippen molar-refractivity contribution in [2.45, 2.75) is 38.7 Å². The molecule has 120 valence electrons. The lowest BCUT2D eigenvalue weighted by molar-refractivity contribution is 0.0516. The van der Waals surface area contributed by atoms with Gasteiger partial charge in [0.1, 0.15) is 5.60 Å². The molecule has 0 spiro atoms. The first-order valence-electron chi connectivity index (χ1n) is 7.20. The molecular formula is C15H23N5O2. The third-order valence-corrected chi connectivity index (χ3v) is 3.41. The third kappa shape index (κ3) is 3.54. The van der Waals surface area contributed by atoms with E-state index >= 15 is 0 Å². The van der Waals surface area contributed by atoms with E-state index in [1.54, 1.807) is 18.6 Å². The number of fused-ring (bicyclic) bond motifs is 1. The molecule has 3 N–H and O–H groups in total. The molecule has 1 amide bonds. The smallest absolute Gasteiger partial charge is 0.407 e. The minimum atomic E-state index is -0.530. The maximum atomic E-state index is 11.8. The lowest BCUT2D eigenvalue weighted by Gasteiger charge is -2.28. The number of aromatic nitrogens is 3. The van der Waals surface area contributed by atoms with Crippen LogP contribution in [0.2, 0.25) is 0 Å². The number of nitrogens with zero attached hydrogens (tertiary/aromatic N) is 3. The van der Waals surface area contributed by atoms with Crippen molar-refractivity contribution in [3.05, 3.63) is 30.5 Å². The van der Waals surface area contributed by atoms with Crippen LogP contribution in [0.25, 0.3) is 5.65 Å². The minimum Gasteiger partial charge on any atom is -0.444 e. The quantitative estimate of drug-likeness (QED) is 0.892. The topological polar surface area (TPSA) is 94.5 Å². The summed E-state index contributed by atoms with van der Waals surface area (Å²) in [6.45, 7) is 8.17. The lowest BCUT2D eigenvalue weighted by atomic mass is 9.87. The highest BCUT2D eigenvalue weighted by Gasteiger charge is 2.30. The van der Waals surface area contributed by atoms with Crippen molar-refractivity contribution < 1.29 is 9.53 Å². The summed E-state index contributed by atoms with van der Waals surface area (Å²) in [5.41, 5.74) is 6.63. The van der Waals surface area contributed by atoms with E-state index in [9.17, 15) is 4.79 Å². The second-order valence-electron chi connectivity index (χ2n) is 6.57. The predicted octanol–water partition coefficient (Wildman–Crippen LogP) is 1.47. The maximum absolute atomic E-state index is 11.8. The van der Waals surface area contributed by atoms with Crippen LogP contribution in [0, 0.1) is 0 Å². The van der Waals surface area contributed by atoms with E-state index in [2.05, 4.69) is 15.3 Å². The standard InChI is InChI=1S/C15H23N5O2/c1-14(2,3)22-13(21)19-10-15(4,9-16)11-7-18-12-8-17-5-6-20(11)12/h5-8H,9-10,16H2,1-4H3,(H,19,21). The fourth-order valence-electron chi connectivity index (χ4n) is 2.14. The van der Waals surface area contributed by atoms with Crippen molar-refractivity contribution in [3.63, 3.8) is 0 Å². The number of hydrogen-bond acceptors (Lipinski definition) is 5. The molecule has 0 fully saturated rings. The van der Waals surface area contributed by atoms with Gasteiger partial charge >= 0.3 is 6.09 Å². The van der Waals surface area contributed by atoms with Crippen LogP contribution in [0.1, 0.15) is 33.4 Å². The Kier molecular flexibility index (Phi) is 4.37. The molecule has 2 rings (SSSR count). The number of nitrogens with one attached hydrogen (secondary N) is 1. The van der Waals surface area contributed by atoms with Gasteiger partial charge in [0.15, 0.2) is 5.65 Å². The van der Waals surface area contributed by atoms with Gasteiger partial charge in [0.2, 0.25) is 0 Å². The van der Waals surface area contributed by atoms with Crippen LogP contribution >= 0.6 is 0 Å². The summed E-state index contributed by atoms with van der Waals surface area (Å²) in [4.78, 5) is 20.2. The largest absolute Gasteiger partial charge is 0.444 e. The summed E-state index contributed by atoms with van der Waals surface area (Å²) >= 11 is 0. The van der Waals surface area contributed by atoms with Crippen molar-refractivity contribution in [1.82, 2.24) is 19.7 Å². The average molecular weight is 305 g/mol. The Hall–Kier alpha value is -2.15. The number of hydrogen-bond donors (Lipinski definition) is 2. The number of amides is 1. The van der Waals surface area contributed by atoms with Gasteiger partial charge in [0.25, 0.3) is 0 Å². The van der Waals surface area contributed by atoms with Gasteiger partial charge in [0.05, 0.1) is 11.9 Å². The number of imidazole rings is 1. The van der Waals surface area contributed by atoms with Crippen LogP contribution in [0.3, 0.4) is 0 Å². The van der Waals surface area contributed by atoms with Crippen LogP contribution in [-0.2, 0) is 10.2 Å². The molecule has 0 aromatic carbocycles. The Morgan fingerprint density at radius 3 is 2.73 bits per heavy atom. The molecule has 2 heterocycles. The fourth-order valence-corrected chi connectivity index (χ4v) is 2.14. The van der Waals surface area contributed by atoms with E-state index in [1.807, 2.05) is 38.3 Å². The first kappa shape index (κ1) is 16.2. The van der Waals surface area contributed by atoms with E-state index in [0.29, 0.717) is 13.1 Å². The van der Waals surface area contributed by atoms with Gasteiger partial charge in [-0.1, -0.05) is 6.92 Å².